The minimum absolute atomic E-state index is 0.0296. The molecule has 0 radical (unpaired) electrons. The van der Waals surface area contributed by atoms with Gasteiger partial charge in [0.1, 0.15) is 6.17 Å². The van der Waals surface area contributed by atoms with Crippen LogP contribution in [0.25, 0.3) is 22.3 Å². The lowest BCUT2D eigenvalue weighted by molar-refractivity contribution is 0.165. The number of nitrogens with zero attached hydrogens (tertiary/aromatic N) is 2. The lowest BCUT2D eigenvalue weighted by Gasteiger charge is -2.45. The van der Waals surface area contributed by atoms with Crippen LogP contribution in [-0.4, -0.2) is 5.01 Å². The van der Waals surface area contributed by atoms with Gasteiger partial charge in [-0.1, -0.05) is 176 Å². The molecule has 0 aromatic heterocycles. The number of benzene rings is 8. The van der Waals surface area contributed by atoms with Gasteiger partial charge in [0.05, 0.1) is 23.0 Å². The fourth-order valence-electron chi connectivity index (χ4n) is 9.54. The van der Waals surface area contributed by atoms with Crippen LogP contribution in [0.3, 0.4) is 0 Å². The molecule has 56 heavy (non-hydrogen) atoms. The van der Waals surface area contributed by atoms with E-state index in [0.717, 1.165) is 12.2 Å². The zero-order valence-corrected chi connectivity index (χ0v) is 30.9. The summed E-state index contributed by atoms with van der Waals surface area (Å²) < 4.78 is 0. The average molecular weight is 721 g/mol. The molecular weight excluding hydrogens is 681 g/mol. The quantitative estimate of drug-likeness (QED) is 0.179. The predicted molar refractivity (Wildman–Crippen MR) is 228 cm³/mol. The van der Waals surface area contributed by atoms with E-state index in [4.69, 9.17) is 0 Å². The zero-order valence-electron chi connectivity index (χ0n) is 30.9. The first-order valence-electron chi connectivity index (χ1n) is 19.5. The topological polar surface area (TPSA) is 30.5 Å². The van der Waals surface area contributed by atoms with Gasteiger partial charge in [0.25, 0.3) is 0 Å². The molecule has 4 heteroatoms. The first kappa shape index (κ1) is 32.8. The Morgan fingerprint density at radius 1 is 0.446 bits per heavy atom. The van der Waals surface area contributed by atoms with Crippen molar-refractivity contribution >= 4 is 17.1 Å². The monoisotopic (exact) mass is 720 g/mol. The van der Waals surface area contributed by atoms with Gasteiger partial charge in [-0.25, -0.2) is 10.4 Å². The number of para-hydroxylation sites is 3. The summed E-state index contributed by atoms with van der Waals surface area (Å²) in [6.45, 7) is 0.762. The SMILES string of the molecule is c1ccc(CN2NC(c3ccc4c(c3)-c3ccccc3C43c4ccccc4N(c4ccccc4)c4ccccc43)NC2c2ccc(-c3ccccc3)cc2)cc1. The van der Waals surface area contributed by atoms with Crippen LogP contribution in [0.2, 0.25) is 0 Å². The minimum Gasteiger partial charge on any atom is -0.310 e. The van der Waals surface area contributed by atoms with Crippen LogP contribution in [0, 0.1) is 0 Å². The van der Waals surface area contributed by atoms with E-state index in [1.807, 2.05) is 0 Å². The van der Waals surface area contributed by atoms with Crippen molar-refractivity contribution in [2.75, 3.05) is 4.90 Å². The zero-order chi connectivity index (χ0) is 37.1. The van der Waals surface area contributed by atoms with Crippen molar-refractivity contribution in [1.82, 2.24) is 15.8 Å². The lowest BCUT2D eigenvalue weighted by atomic mass is 9.64. The number of hydrogen-bond donors (Lipinski definition) is 2. The van der Waals surface area contributed by atoms with Crippen molar-refractivity contribution in [2.24, 2.45) is 0 Å². The molecule has 4 nitrogen and oxygen atoms in total. The Labute approximate surface area is 328 Å². The minimum atomic E-state index is -0.470. The first-order valence-corrected chi connectivity index (χ1v) is 19.5. The third-order valence-corrected chi connectivity index (χ3v) is 12.0. The number of nitrogens with one attached hydrogen (secondary N) is 2. The molecular formula is C52H40N4. The largest absolute Gasteiger partial charge is 0.310 e. The van der Waals surface area contributed by atoms with Crippen LogP contribution in [-0.2, 0) is 12.0 Å². The van der Waals surface area contributed by atoms with Crippen LogP contribution < -0.4 is 15.6 Å². The van der Waals surface area contributed by atoms with Crippen molar-refractivity contribution in [1.29, 1.82) is 0 Å². The van der Waals surface area contributed by atoms with Gasteiger partial charge in [0, 0.05) is 12.2 Å². The fourth-order valence-corrected chi connectivity index (χ4v) is 9.54. The summed E-state index contributed by atoms with van der Waals surface area (Å²) in [5.74, 6) is 0. The second kappa shape index (κ2) is 13.3. The number of fused-ring (bicyclic) bond motifs is 9. The number of hydrogen-bond acceptors (Lipinski definition) is 4. The molecule has 11 rings (SSSR count). The Kier molecular flexibility index (Phi) is 7.81. The van der Waals surface area contributed by atoms with Crippen LogP contribution in [0.15, 0.2) is 206 Å². The summed E-state index contributed by atoms with van der Waals surface area (Å²) in [7, 11) is 0. The van der Waals surface area contributed by atoms with Gasteiger partial charge >= 0.3 is 0 Å². The Bertz CT molecular complexity index is 2640. The molecule has 2 aliphatic heterocycles. The van der Waals surface area contributed by atoms with Crippen molar-refractivity contribution in [3.63, 3.8) is 0 Å². The van der Waals surface area contributed by atoms with E-state index in [2.05, 4.69) is 227 Å². The Hall–Kier alpha value is -6.56. The molecule has 3 aliphatic rings. The van der Waals surface area contributed by atoms with Crippen molar-refractivity contribution < 1.29 is 0 Å². The maximum Gasteiger partial charge on any atom is 0.101 e. The van der Waals surface area contributed by atoms with E-state index in [1.165, 1.54) is 72.6 Å². The molecule has 1 saturated heterocycles. The molecule has 2 N–H and O–H groups in total. The molecule has 1 spiro atoms. The third kappa shape index (κ3) is 5.11. The molecule has 8 aromatic carbocycles. The highest BCUT2D eigenvalue weighted by atomic mass is 15.6. The van der Waals surface area contributed by atoms with E-state index in [1.54, 1.807) is 0 Å². The van der Waals surface area contributed by atoms with E-state index in [0.29, 0.717) is 0 Å². The normalized spacial score (nSPS) is 17.6. The van der Waals surface area contributed by atoms with Gasteiger partial charge in [-0.05, 0) is 91.5 Å². The van der Waals surface area contributed by atoms with Crippen molar-refractivity contribution in [2.45, 2.75) is 24.3 Å². The second-order valence-corrected chi connectivity index (χ2v) is 15.0. The number of hydrazine groups is 1. The maximum absolute atomic E-state index is 4.00. The smallest absolute Gasteiger partial charge is 0.101 e. The van der Waals surface area contributed by atoms with E-state index >= 15 is 0 Å². The van der Waals surface area contributed by atoms with Gasteiger partial charge in [-0.2, -0.15) is 0 Å². The molecule has 0 amide bonds. The summed E-state index contributed by atoms with van der Waals surface area (Å²) in [6, 6.07) is 75.4. The van der Waals surface area contributed by atoms with E-state index < -0.39 is 5.41 Å². The Morgan fingerprint density at radius 2 is 0.982 bits per heavy atom. The summed E-state index contributed by atoms with van der Waals surface area (Å²) in [6.07, 6.45) is -0.121. The Balaban J connectivity index is 1.02. The summed E-state index contributed by atoms with van der Waals surface area (Å²) in [5.41, 5.74) is 21.0. The van der Waals surface area contributed by atoms with Crippen LogP contribution in [0.1, 0.15) is 51.3 Å². The Morgan fingerprint density at radius 3 is 1.68 bits per heavy atom. The highest BCUT2D eigenvalue weighted by Crippen LogP contribution is 2.63. The number of rotatable bonds is 6. The van der Waals surface area contributed by atoms with Crippen molar-refractivity contribution in [3.8, 4) is 22.3 Å². The first-order chi connectivity index (χ1) is 27.8. The van der Waals surface area contributed by atoms with Gasteiger partial charge in [0.2, 0.25) is 0 Å². The molecule has 1 aliphatic carbocycles. The molecule has 268 valence electrons. The fraction of sp³-hybridized carbons (Fsp3) is 0.0769. The standard InChI is InChI=1S/C52H40N4/c1-4-16-36(17-5-1)35-55-51(39-30-28-38(29-31-39)37-18-6-2-7-19-37)53-50(54-55)40-32-33-45-43(34-40)42-22-10-11-23-44(42)52(45)46-24-12-14-26-48(46)56(41-20-8-3-9-21-41)49-27-15-13-25-47(49)52/h1-34,50-51,53-54H,35H2. The van der Waals surface area contributed by atoms with E-state index in [-0.39, 0.29) is 12.3 Å². The van der Waals surface area contributed by atoms with Crippen molar-refractivity contribution in [3.05, 3.63) is 245 Å². The number of anilines is 3. The van der Waals surface area contributed by atoms with Gasteiger partial charge in [-0.15, -0.1) is 0 Å². The third-order valence-electron chi connectivity index (χ3n) is 12.0. The summed E-state index contributed by atoms with van der Waals surface area (Å²) in [4.78, 5) is 2.44. The molecule has 1 fully saturated rings. The average Bonchev–Trinajstić information content (AvgIpc) is 3.82. The molecule has 2 unspecified atom stereocenters. The van der Waals surface area contributed by atoms with Crippen LogP contribution in [0.4, 0.5) is 17.1 Å². The van der Waals surface area contributed by atoms with E-state index in [9.17, 15) is 0 Å². The molecule has 8 aromatic rings. The molecule has 2 atom stereocenters. The highest BCUT2D eigenvalue weighted by Gasteiger charge is 2.51. The summed E-state index contributed by atoms with van der Waals surface area (Å²) >= 11 is 0. The predicted octanol–water partition coefficient (Wildman–Crippen LogP) is 11.8. The molecule has 2 heterocycles. The summed E-state index contributed by atoms with van der Waals surface area (Å²) in [5, 5.41) is 6.36. The highest BCUT2D eigenvalue weighted by molar-refractivity contribution is 5.95. The van der Waals surface area contributed by atoms with Crippen LogP contribution in [0.5, 0.6) is 0 Å². The van der Waals surface area contributed by atoms with Gasteiger partial charge < -0.3 is 4.90 Å². The molecule has 0 bridgehead atoms. The van der Waals surface area contributed by atoms with Crippen LogP contribution >= 0.6 is 0 Å². The van der Waals surface area contributed by atoms with Gasteiger partial charge in [-0.3, -0.25) is 5.32 Å². The maximum atomic E-state index is 4.00. The second-order valence-electron chi connectivity index (χ2n) is 15.0. The van der Waals surface area contributed by atoms with Gasteiger partial charge in [0.15, 0.2) is 0 Å². The molecule has 0 saturated carbocycles. The lowest BCUT2D eigenvalue weighted by Crippen LogP contribution is -2.36.